The molecule has 3 heterocycles. The van der Waals surface area contributed by atoms with Crippen LogP contribution in [0.4, 0.5) is 5.69 Å². The second-order valence-electron chi connectivity index (χ2n) is 7.22. The molecule has 0 unspecified atom stereocenters. The lowest BCUT2D eigenvalue weighted by Gasteiger charge is -2.28. The predicted molar refractivity (Wildman–Crippen MR) is 114 cm³/mol. The summed E-state index contributed by atoms with van der Waals surface area (Å²) in [5.74, 6) is 0. The SMILES string of the molecule is Cc1cccc(N2C(=S)N[C@H](c3ccccn3)[C@H]2c2cc(C)n(C)c2C)c1. The van der Waals surface area contributed by atoms with Crippen molar-refractivity contribution in [2.45, 2.75) is 32.9 Å². The number of anilines is 1. The average Bonchev–Trinajstić information content (AvgIpc) is 3.14. The molecule has 0 bridgehead atoms. The Morgan fingerprint density at radius 2 is 1.85 bits per heavy atom. The third kappa shape index (κ3) is 3.02. The molecular formula is C22H24N4S. The number of rotatable bonds is 3. The number of thiocarbonyl (C=S) groups is 1. The molecule has 138 valence electrons. The highest BCUT2D eigenvalue weighted by molar-refractivity contribution is 7.80. The summed E-state index contributed by atoms with van der Waals surface area (Å²) in [4.78, 5) is 6.86. The molecule has 2 atom stereocenters. The fourth-order valence-electron chi connectivity index (χ4n) is 3.91. The van der Waals surface area contributed by atoms with Crippen molar-refractivity contribution in [1.29, 1.82) is 0 Å². The highest BCUT2D eigenvalue weighted by atomic mass is 32.1. The maximum absolute atomic E-state index is 5.78. The summed E-state index contributed by atoms with van der Waals surface area (Å²) in [6.07, 6.45) is 1.84. The zero-order valence-corrected chi connectivity index (χ0v) is 16.9. The Kier molecular flexibility index (Phi) is 4.48. The molecule has 1 aliphatic rings. The molecule has 0 spiro atoms. The summed E-state index contributed by atoms with van der Waals surface area (Å²) < 4.78 is 2.24. The first-order valence-electron chi connectivity index (χ1n) is 9.17. The smallest absolute Gasteiger partial charge is 0.174 e. The fraction of sp³-hybridized carbons (Fsp3) is 0.273. The van der Waals surface area contributed by atoms with Gasteiger partial charge < -0.3 is 14.8 Å². The molecule has 4 nitrogen and oxygen atoms in total. The molecule has 1 saturated heterocycles. The van der Waals surface area contributed by atoms with E-state index in [0.717, 1.165) is 16.5 Å². The average molecular weight is 377 g/mol. The number of benzene rings is 1. The van der Waals surface area contributed by atoms with Crippen LogP contribution >= 0.6 is 12.2 Å². The lowest BCUT2D eigenvalue weighted by molar-refractivity contribution is 0.564. The van der Waals surface area contributed by atoms with E-state index in [1.54, 1.807) is 0 Å². The molecule has 4 rings (SSSR count). The molecule has 3 aromatic rings. The highest BCUT2D eigenvalue weighted by Gasteiger charge is 2.42. The minimum Gasteiger partial charge on any atom is -0.352 e. The van der Waals surface area contributed by atoms with Gasteiger partial charge in [-0.15, -0.1) is 0 Å². The number of aromatic nitrogens is 2. The van der Waals surface area contributed by atoms with Crippen LogP contribution in [0.1, 0.15) is 40.3 Å². The summed E-state index contributed by atoms with van der Waals surface area (Å²) in [5, 5.41) is 4.27. The minimum atomic E-state index is -0.000266. The van der Waals surface area contributed by atoms with Gasteiger partial charge in [-0.25, -0.2) is 0 Å². The van der Waals surface area contributed by atoms with Gasteiger partial charge in [-0.05, 0) is 74.4 Å². The number of nitrogens with zero attached hydrogens (tertiary/aromatic N) is 3. The lowest BCUT2D eigenvalue weighted by atomic mass is 9.96. The second-order valence-corrected chi connectivity index (χ2v) is 7.61. The van der Waals surface area contributed by atoms with E-state index in [4.69, 9.17) is 12.2 Å². The Morgan fingerprint density at radius 1 is 1.04 bits per heavy atom. The van der Waals surface area contributed by atoms with Gasteiger partial charge in [0.25, 0.3) is 0 Å². The van der Waals surface area contributed by atoms with Gasteiger partial charge in [-0.1, -0.05) is 18.2 Å². The molecule has 0 aliphatic carbocycles. The van der Waals surface area contributed by atoms with E-state index in [1.807, 2.05) is 18.3 Å². The van der Waals surface area contributed by atoms with Gasteiger partial charge >= 0.3 is 0 Å². The largest absolute Gasteiger partial charge is 0.352 e. The maximum atomic E-state index is 5.78. The topological polar surface area (TPSA) is 33.1 Å². The van der Waals surface area contributed by atoms with Crippen molar-refractivity contribution in [3.05, 3.63) is 82.9 Å². The van der Waals surface area contributed by atoms with Crippen molar-refractivity contribution < 1.29 is 0 Å². The van der Waals surface area contributed by atoms with Gasteiger partial charge in [0.2, 0.25) is 0 Å². The number of nitrogens with one attached hydrogen (secondary N) is 1. The van der Waals surface area contributed by atoms with Gasteiger partial charge in [0, 0.05) is 30.3 Å². The summed E-state index contributed by atoms with van der Waals surface area (Å²) in [7, 11) is 2.11. The fourth-order valence-corrected chi connectivity index (χ4v) is 4.26. The summed E-state index contributed by atoms with van der Waals surface area (Å²) >= 11 is 5.78. The number of pyridine rings is 1. The van der Waals surface area contributed by atoms with Crippen molar-refractivity contribution in [3.63, 3.8) is 0 Å². The summed E-state index contributed by atoms with van der Waals surface area (Å²) in [5.41, 5.74) is 7.10. The second kappa shape index (κ2) is 6.82. The van der Waals surface area contributed by atoms with Crippen molar-refractivity contribution >= 4 is 23.0 Å². The van der Waals surface area contributed by atoms with Gasteiger partial charge in [0.1, 0.15) is 0 Å². The quantitative estimate of drug-likeness (QED) is 0.681. The molecule has 1 aliphatic heterocycles. The summed E-state index contributed by atoms with van der Waals surface area (Å²) in [6, 6.07) is 16.9. The van der Waals surface area contributed by atoms with Gasteiger partial charge in [-0.3, -0.25) is 4.98 Å². The van der Waals surface area contributed by atoms with E-state index in [-0.39, 0.29) is 12.1 Å². The number of hydrogen-bond donors (Lipinski definition) is 1. The molecule has 2 aromatic heterocycles. The Balaban J connectivity index is 1.89. The van der Waals surface area contributed by atoms with Crippen molar-refractivity contribution in [2.24, 2.45) is 7.05 Å². The van der Waals surface area contributed by atoms with Gasteiger partial charge in [-0.2, -0.15) is 0 Å². The molecule has 0 amide bonds. The predicted octanol–water partition coefficient (Wildman–Crippen LogP) is 4.52. The molecule has 0 saturated carbocycles. The van der Waals surface area contributed by atoms with Crippen molar-refractivity contribution in [3.8, 4) is 0 Å². The third-order valence-corrected chi connectivity index (χ3v) is 5.83. The molecule has 1 fully saturated rings. The Labute approximate surface area is 165 Å². The van der Waals surface area contributed by atoms with Crippen LogP contribution in [0.3, 0.4) is 0 Å². The Hall–Kier alpha value is -2.66. The first-order chi connectivity index (χ1) is 13.0. The van der Waals surface area contributed by atoms with E-state index in [1.165, 1.54) is 22.5 Å². The van der Waals surface area contributed by atoms with Crippen LogP contribution in [-0.4, -0.2) is 14.7 Å². The van der Waals surface area contributed by atoms with Crippen LogP contribution in [0.2, 0.25) is 0 Å². The van der Waals surface area contributed by atoms with E-state index in [0.29, 0.717) is 0 Å². The van der Waals surface area contributed by atoms with Gasteiger partial charge in [0.05, 0.1) is 17.8 Å². The molecule has 1 N–H and O–H groups in total. The van der Waals surface area contributed by atoms with Crippen LogP contribution in [-0.2, 0) is 7.05 Å². The van der Waals surface area contributed by atoms with Crippen LogP contribution in [0.5, 0.6) is 0 Å². The molecular weight excluding hydrogens is 352 g/mol. The first kappa shape index (κ1) is 17.7. The van der Waals surface area contributed by atoms with Crippen LogP contribution < -0.4 is 10.2 Å². The zero-order valence-electron chi connectivity index (χ0n) is 16.1. The Morgan fingerprint density at radius 3 is 2.48 bits per heavy atom. The monoisotopic (exact) mass is 376 g/mol. The maximum Gasteiger partial charge on any atom is 0.174 e. The van der Waals surface area contributed by atoms with E-state index in [9.17, 15) is 0 Å². The van der Waals surface area contributed by atoms with Crippen LogP contribution in [0.15, 0.2) is 54.7 Å². The first-order valence-corrected chi connectivity index (χ1v) is 9.58. The van der Waals surface area contributed by atoms with Crippen molar-refractivity contribution in [1.82, 2.24) is 14.9 Å². The van der Waals surface area contributed by atoms with Crippen molar-refractivity contribution in [2.75, 3.05) is 4.90 Å². The van der Waals surface area contributed by atoms with E-state index in [2.05, 4.69) is 84.0 Å². The minimum absolute atomic E-state index is 0.000266. The molecule has 5 heteroatoms. The van der Waals surface area contributed by atoms with E-state index >= 15 is 0 Å². The Bertz CT molecular complexity index is 993. The van der Waals surface area contributed by atoms with Gasteiger partial charge in [0.15, 0.2) is 5.11 Å². The highest BCUT2D eigenvalue weighted by Crippen LogP contribution is 2.43. The van der Waals surface area contributed by atoms with Crippen LogP contribution in [0, 0.1) is 20.8 Å². The third-order valence-electron chi connectivity index (χ3n) is 5.51. The standard InChI is InChI=1S/C22H24N4S/c1-14-8-7-9-17(12-14)26-21(18-13-15(2)25(4)16(18)3)20(24-22(26)27)19-10-5-6-11-23-19/h5-13,20-21H,1-4H3,(H,24,27)/t20-,21-/m1/s1. The zero-order chi connectivity index (χ0) is 19.1. The van der Waals surface area contributed by atoms with E-state index < -0.39 is 0 Å². The molecule has 1 aromatic carbocycles. The lowest BCUT2D eigenvalue weighted by Crippen LogP contribution is -2.29. The number of hydrogen-bond acceptors (Lipinski definition) is 2. The number of aryl methyl sites for hydroxylation is 2. The normalized spacial score (nSPS) is 19.4. The van der Waals surface area contributed by atoms with Crippen LogP contribution in [0.25, 0.3) is 0 Å². The molecule has 27 heavy (non-hydrogen) atoms. The summed E-state index contributed by atoms with van der Waals surface area (Å²) in [6.45, 7) is 6.43. The molecule has 0 radical (unpaired) electrons.